The molecule has 1 aliphatic carbocycles. The van der Waals surface area contributed by atoms with Crippen molar-refractivity contribution in [3.05, 3.63) is 28.8 Å². The Balaban J connectivity index is 2.04. The summed E-state index contributed by atoms with van der Waals surface area (Å²) in [5.41, 5.74) is 3.91. The molecular formula is C15H21NO. The summed E-state index contributed by atoms with van der Waals surface area (Å²) in [7, 11) is 0. The molecule has 1 unspecified atom stereocenters. The van der Waals surface area contributed by atoms with E-state index in [0.29, 0.717) is 5.75 Å². The second-order valence-electron chi connectivity index (χ2n) is 5.71. The van der Waals surface area contributed by atoms with Crippen LogP contribution in [0, 0.1) is 0 Å². The quantitative estimate of drug-likeness (QED) is 0.779. The van der Waals surface area contributed by atoms with Crippen molar-refractivity contribution in [1.82, 2.24) is 5.32 Å². The second kappa shape index (κ2) is 4.02. The molecule has 0 amide bonds. The van der Waals surface area contributed by atoms with Crippen molar-refractivity contribution in [2.24, 2.45) is 0 Å². The SMILES string of the molecule is CC1(c2cc3c(cc2O)CCCC3)CCCN1. The zero-order chi connectivity index (χ0) is 11.9. The molecule has 1 aromatic carbocycles. The van der Waals surface area contributed by atoms with E-state index in [-0.39, 0.29) is 5.54 Å². The third-order valence-corrected chi connectivity index (χ3v) is 4.42. The molecule has 1 heterocycles. The van der Waals surface area contributed by atoms with Gasteiger partial charge in [-0.3, -0.25) is 0 Å². The number of hydrogen-bond acceptors (Lipinski definition) is 2. The van der Waals surface area contributed by atoms with Gasteiger partial charge < -0.3 is 10.4 Å². The molecule has 0 saturated carbocycles. The number of phenolic OH excluding ortho intramolecular Hbond substituents is 1. The van der Waals surface area contributed by atoms with Crippen LogP contribution in [-0.4, -0.2) is 11.7 Å². The Morgan fingerprint density at radius 2 is 1.82 bits per heavy atom. The van der Waals surface area contributed by atoms with E-state index in [4.69, 9.17) is 0 Å². The fourth-order valence-electron chi connectivity index (χ4n) is 3.34. The van der Waals surface area contributed by atoms with E-state index < -0.39 is 0 Å². The number of benzene rings is 1. The molecule has 3 rings (SSSR count). The van der Waals surface area contributed by atoms with Crippen molar-refractivity contribution in [1.29, 1.82) is 0 Å². The summed E-state index contributed by atoms with van der Waals surface area (Å²) in [5.74, 6) is 0.488. The molecule has 92 valence electrons. The third kappa shape index (κ3) is 1.85. The number of rotatable bonds is 1. The highest BCUT2D eigenvalue weighted by Crippen LogP contribution is 2.38. The first kappa shape index (κ1) is 11.1. The molecular weight excluding hydrogens is 210 g/mol. The number of phenols is 1. The summed E-state index contributed by atoms with van der Waals surface area (Å²) < 4.78 is 0. The van der Waals surface area contributed by atoms with E-state index in [9.17, 15) is 5.11 Å². The molecule has 1 fully saturated rings. The first-order chi connectivity index (χ1) is 8.19. The van der Waals surface area contributed by atoms with E-state index in [1.54, 1.807) is 0 Å². The van der Waals surface area contributed by atoms with E-state index in [1.807, 2.05) is 6.07 Å². The van der Waals surface area contributed by atoms with Gasteiger partial charge in [-0.05, 0) is 75.3 Å². The molecule has 17 heavy (non-hydrogen) atoms. The molecule has 1 atom stereocenters. The minimum atomic E-state index is -0.0173. The van der Waals surface area contributed by atoms with E-state index in [0.717, 1.165) is 24.9 Å². The molecule has 1 aliphatic heterocycles. The summed E-state index contributed by atoms with van der Waals surface area (Å²) >= 11 is 0. The Kier molecular flexibility index (Phi) is 2.62. The lowest BCUT2D eigenvalue weighted by molar-refractivity contribution is 0.393. The smallest absolute Gasteiger partial charge is 0.120 e. The van der Waals surface area contributed by atoms with Gasteiger partial charge in [-0.1, -0.05) is 0 Å². The van der Waals surface area contributed by atoms with Gasteiger partial charge in [0.1, 0.15) is 5.75 Å². The Labute approximate surface area is 103 Å². The van der Waals surface area contributed by atoms with Crippen LogP contribution in [0.25, 0.3) is 0 Å². The van der Waals surface area contributed by atoms with Crippen LogP contribution in [0.3, 0.4) is 0 Å². The van der Waals surface area contributed by atoms with Gasteiger partial charge in [-0.25, -0.2) is 0 Å². The molecule has 0 aromatic heterocycles. The molecule has 2 nitrogen and oxygen atoms in total. The van der Waals surface area contributed by atoms with Crippen LogP contribution < -0.4 is 5.32 Å². The van der Waals surface area contributed by atoms with Gasteiger partial charge in [-0.2, -0.15) is 0 Å². The minimum absolute atomic E-state index is 0.0173. The van der Waals surface area contributed by atoms with E-state index >= 15 is 0 Å². The molecule has 0 radical (unpaired) electrons. The van der Waals surface area contributed by atoms with Gasteiger partial charge >= 0.3 is 0 Å². The molecule has 1 aromatic rings. The summed E-state index contributed by atoms with van der Waals surface area (Å²) in [4.78, 5) is 0. The molecule has 0 bridgehead atoms. The lowest BCUT2D eigenvalue weighted by Crippen LogP contribution is -2.33. The first-order valence-electron chi connectivity index (χ1n) is 6.79. The lowest BCUT2D eigenvalue weighted by atomic mass is 9.83. The summed E-state index contributed by atoms with van der Waals surface area (Å²) in [6.07, 6.45) is 7.20. The normalized spacial score (nSPS) is 28.1. The van der Waals surface area contributed by atoms with Crippen LogP contribution in [-0.2, 0) is 18.4 Å². The number of fused-ring (bicyclic) bond motifs is 1. The Morgan fingerprint density at radius 3 is 2.47 bits per heavy atom. The van der Waals surface area contributed by atoms with Crippen LogP contribution in [0.2, 0.25) is 0 Å². The van der Waals surface area contributed by atoms with Crippen molar-refractivity contribution < 1.29 is 5.11 Å². The van der Waals surface area contributed by atoms with Crippen molar-refractivity contribution in [3.8, 4) is 5.75 Å². The molecule has 2 N–H and O–H groups in total. The Bertz CT molecular complexity index is 433. The van der Waals surface area contributed by atoms with Crippen LogP contribution in [0.5, 0.6) is 5.75 Å². The lowest BCUT2D eigenvalue weighted by Gasteiger charge is -2.28. The third-order valence-electron chi connectivity index (χ3n) is 4.42. The van der Waals surface area contributed by atoms with Gasteiger partial charge in [0.05, 0.1) is 0 Å². The molecule has 2 aliphatic rings. The maximum atomic E-state index is 10.3. The second-order valence-corrected chi connectivity index (χ2v) is 5.71. The van der Waals surface area contributed by atoms with Crippen LogP contribution in [0.15, 0.2) is 12.1 Å². The van der Waals surface area contributed by atoms with Crippen LogP contribution in [0.4, 0.5) is 0 Å². The van der Waals surface area contributed by atoms with E-state index in [1.165, 1.54) is 36.8 Å². The fraction of sp³-hybridized carbons (Fsp3) is 0.600. The molecule has 1 saturated heterocycles. The summed E-state index contributed by atoms with van der Waals surface area (Å²) in [5, 5.41) is 13.8. The Hall–Kier alpha value is -1.02. The largest absolute Gasteiger partial charge is 0.508 e. The van der Waals surface area contributed by atoms with Crippen molar-refractivity contribution in [2.45, 2.75) is 51.0 Å². The standard InChI is InChI=1S/C15H21NO/c1-15(7-4-8-16-15)13-9-11-5-2-3-6-12(11)10-14(13)17/h9-10,16-17H,2-8H2,1H3. The fourth-order valence-corrected chi connectivity index (χ4v) is 3.34. The monoisotopic (exact) mass is 231 g/mol. The molecule has 0 spiro atoms. The Morgan fingerprint density at radius 1 is 1.12 bits per heavy atom. The van der Waals surface area contributed by atoms with E-state index in [2.05, 4.69) is 18.3 Å². The average molecular weight is 231 g/mol. The predicted octanol–water partition coefficient (Wildman–Crippen LogP) is 2.87. The maximum Gasteiger partial charge on any atom is 0.120 e. The van der Waals surface area contributed by atoms with Gasteiger partial charge in [-0.15, -0.1) is 0 Å². The highest BCUT2D eigenvalue weighted by atomic mass is 16.3. The minimum Gasteiger partial charge on any atom is -0.508 e. The molecule has 2 heteroatoms. The maximum absolute atomic E-state index is 10.3. The average Bonchev–Trinajstić information content (AvgIpc) is 2.76. The highest BCUT2D eigenvalue weighted by molar-refractivity contribution is 5.46. The van der Waals surface area contributed by atoms with Crippen LogP contribution >= 0.6 is 0 Å². The van der Waals surface area contributed by atoms with Gasteiger partial charge in [0.15, 0.2) is 0 Å². The number of nitrogens with one attached hydrogen (secondary N) is 1. The van der Waals surface area contributed by atoms with Gasteiger partial charge in [0, 0.05) is 11.1 Å². The number of hydrogen-bond donors (Lipinski definition) is 2. The van der Waals surface area contributed by atoms with Crippen molar-refractivity contribution >= 4 is 0 Å². The topological polar surface area (TPSA) is 32.3 Å². The summed E-state index contributed by atoms with van der Waals surface area (Å²) in [6.45, 7) is 3.28. The van der Waals surface area contributed by atoms with Gasteiger partial charge in [0.25, 0.3) is 0 Å². The first-order valence-corrected chi connectivity index (χ1v) is 6.79. The highest BCUT2D eigenvalue weighted by Gasteiger charge is 2.33. The van der Waals surface area contributed by atoms with Crippen LogP contribution in [0.1, 0.15) is 49.3 Å². The number of aromatic hydroxyl groups is 1. The zero-order valence-electron chi connectivity index (χ0n) is 10.6. The zero-order valence-corrected chi connectivity index (χ0v) is 10.6. The number of aryl methyl sites for hydroxylation is 2. The predicted molar refractivity (Wildman–Crippen MR) is 69.3 cm³/mol. The summed E-state index contributed by atoms with van der Waals surface area (Å²) in [6, 6.07) is 4.26. The van der Waals surface area contributed by atoms with Gasteiger partial charge in [0.2, 0.25) is 0 Å². The van der Waals surface area contributed by atoms with Crippen molar-refractivity contribution in [2.75, 3.05) is 6.54 Å². The van der Waals surface area contributed by atoms with Crippen molar-refractivity contribution in [3.63, 3.8) is 0 Å².